The number of hydrogen-bond acceptors (Lipinski definition) is 5. The molecule has 0 unspecified atom stereocenters. The first-order chi connectivity index (χ1) is 17.3. The van der Waals surface area contributed by atoms with Crippen molar-refractivity contribution in [2.75, 3.05) is 18.6 Å². The van der Waals surface area contributed by atoms with Gasteiger partial charge in [-0.3, -0.25) is 14.9 Å². The van der Waals surface area contributed by atoms with Crippen molar-refractivity contribution < 1.29 is 23.9 Å². The molecule has 4 rings (SSSR count). The van der Waals surface area contributed by atoms with Crippen molar-refractivity contribution in [3.8, 4) is 11.5 Å². The molecule has 1 fully saturated rings. The molecule has 0 spiro atoms. The second kappa shape index (κ2) is 10.8. The number of benzene rings is 3. The summed E-state index contributed by atoms with van der Waals surface area (Å²) in [7, 11) is 1.51. The Morgan fingerprint density at radius 2 is 1.69 bits per heavy atom. The molecule has 3 aromatic carbocycles. The number of methoxy groups -OCH3 is 1. The average Bonchev–Trinajstić information content (AvgIpc) is 2.85. The Labute approximate surface area is 218 Å². The van der Waals surface area contributed by atoms with Crippen LogP contribution in [0.5, 0.6) is 11.5 Å². The number of nitrogens with one attached hydrogen (secondary N) is 1. The lowest BCUT2D eigenvalue weighted by molar-refractivity contribution is -0.122. The van der Waals surface area contributed by atoms with Gasteiger partial charge >= 0.3 is 6.03 Å². The van der Waals surface area contributed by atoms with E-state index in [2.05, 4.69) is 5.32 Å². The van der Waals surface area contributed by atoms with Crippen LogP contribution in [0.3, 0.4) is 0 Å². The summed E-state index contributed by atoms with van der Waals surface area (Å²) < 4.78 is 10.9. The van der Waals surface area contributed by atoms with E-state index in [0.29, 0.717) is 45.8 Å². The van der Waals surface area contributed by atoms with Crippen molar-refractivity contribution >= 4 is 52.8 Å². The number of urea groups is 1. The number of anilines is 1. The Bertz CT molecular complexity index is 1370. The van der Waals surface area contributed by atoms with E-state index in [4.69, 9.17) is 32.7 Å². The van der Waals surface area contributed by atoms with Gasteiger partial charge in [-0.2, -0.15) is 0 Å². The van der Waals surface area contributed by atoms with Crippen LogP contribution < -0.4 is 19.7 Å². The Morgan fingerprint density at radius 1 is 0.972 bits per heavy atom. The number of hydrogen-bond donors (Lipinski definition) is 1. The first-order valence-electron chi connectivity index (χ1n) is 11.1. The van der Waals surface area contributed by atoms with Gasteiger partial charge in [0.1, 0.15) is 17.1 Å². The molecular formula is C27H22Cl2N2O5. The third-order valence-corrected chi connectivity index (χ3v) is 6.25. The van der Waals surface area contributed by atoms with Gasteiger partial charge in [-0.05, 0) is 66.6 Å². The molecule has 1 aliphatic heterocycles. The molecule has 1 heterocycles. The summed E-state index contributed by atoms with van der Waals surface area (Å²) in [6.07, 6.45) is 1.82. The highest BCUT2D eigenvalue weighted by Gasteiger charge is 2.36. The third kappa shape index (κ3) is 5.22. The van der Waals surface area contributed by atoms with Gasteiger partial charge in [0.05, 0.1) is 19.4 Å². The maximum Gasteiger partial charge on any atom is 0.335 e. The number of amides is 4. The first-order valence-corrected chi connectivity index (χ1v) is 11.8. The fraction of sp³-hybridized carbons (Fsp3) is 0.148. The average molecular weight is 525 g/mol. The smallest absolute Gasteiger partial charge is 0.335 e. The zero-order valence-corrected chi connectivity index (χ0v) is 21.0. The second-order valence-electron chi connectivity index (χ2n) is 7.84. The third-order valence-electron chi connectivity index (χ3n) is 5.55. The van der Waals surface area contributed by atoms with Crippen LogP contribution in [-0.4, -0.2) is 31.6 Å². The minimum Gasteiger partial charge on any atom is -0.497 e. The van der Waals surface area contributed by atoms with Crippen molar-refractivity contribution in [2.24, 2.45) is 0 Å². The lowest BCUT2D eigenvalue weighted by atomic mass is 10.00. The number of carbonyl (C=O) groups excluding carboxylic acids is 3. The van der Waals surface area contributed by atoms with Crippen LogP contribution in [0.1, 0.15) is 23.6 Å². The molecule has 1 aliphatic rings. The molecule has 0 aliphatic carbocycles. The summed E-state index contributed by atoms with van der Waals surface area (Å²) in [5, 5.41) is 3.21. The largest absolute Gasteiger partial charge is 0.497 e. The molecule has 1 N–H and O–H groups in total. The molecule has 3 aromatic rings. The van der Waals surface area contributed by atoms with Crippen molar-refractivity contribution in [3.05, 3.63) is 93.0 Å². The van der Waals surface area contributed by atoms with E-state index in [1.165, 1.54) is 13.2 Å². The molecule has 0 radical (unpaired) electrons. The SMILES string of the molecule is CCOc1cc(/C=C2\C(=O)NC(=O)N(c3ccc(OC)cc3)C2=O)cc(Cl)c1Cc1ccccc1Cl. The van der Waals surface area contributed by atoms with Crippen LogP contribution in [-0.2, 0) is 16.0 Å². The zero-order chi connectivity index (χ0) is 25.8. The molecule has 9 heteroatoms. The summed E-state index contributed by atoms with van der Waals surface area (Å²) in [6, 6.07) is 16.3. The fourth-order valence-electron chi connectivity index (χ4n) is 3.79. The van der Waals surface area contributed by atoms with Gasteiger partial charge in [0.25, 0.3) is 11.8 Å². The molecule has 36 heavy (non-hydrogen) atoms. The van der Waals surface area contributed by atoms with Gasteiger partial charge in [-0.25, -0.2) is 9.69 Å². The fourth-order valence-corrected chi connectivity index (χ4v) is 4.28. The predicted molar refractivity (Wildman–Crippen MR) is 139 cm³/mol. The standard InChI is InChI=1S/C27H22Cl2N2O5/c1-3-36-24-14-16(13-23(29)20(24)15-17-6-4-5-7-22(17)28)12-21-25(32)30-27(34)31(26(21)33)18-8-10-19(35-2)11-9-18/h4-14H,3,15H2,1-2H3,(H,30,32,34)/b21-12+. The van der Waals surface area contributed by atoms with Gasteiger partial charge in [0.2, 0.25) is 0 Å². The Hall–Kier alpha value is -3.81. The van der Waals surface area contributed by atoms with Gasteiger partial charge in [-0.1, -0.05) is 41.4 Å². The maximum atomic E-state index is 13.2. The number of rotatable bonds is 7. The van der Waals surface area contributed by atoms with Crippen LogP contribution in [0.25, 0.3) is 6.08 Å². The molecule has 4 amide bonds. The topological polar surface area (TPSA) is 84.9 Å². The van der Waals surface area contributed by atoms with Crippen LogP contribution in [0, 0.1) is 0 Å². The van der Waals surface area contributed by atoms with E-state index in [1.807, 2.05) is 25.1 Å². The molecule has 184 valence electrons. The number of nitrogens with zero attached hydrogens (tertiary/aromatic N) is 1. The highest BCUT2D eigenvalue weighted by molar-refractivity contribution is 6.39. The lowest BCUT2D eigenvalue weighted by Gasteiger charge is -2.26. The van der Waals surface area contributed by atoms with Crippen LogP contribution in [0.2, 0.25) is 10.0 Å². The monoisotopic (exact) mass is 524 g/mol. The van der Waals surface area contributed by atoms with Gasteiger partial charge in [0.15, 0.2) is 0 Å². The lowest BCUT2D eigenvalue weighted by Crippen LogP contribution is -2.54. The van der Waals surface area contributed by atoms with Crippen molar-refractivity contribution in [1.29, 1.82) is 0 Å². The number of carbonyl (C=O) groups is 3. The van der Waals surface area contributed by atoms with E-state index >= 15 is 0 Å². The van der Waals surface area contributed by atoms with E-state index in [0.717, 1.165) is 16.0 Å². The normalized spacial score (nSPS) is 14.7. The number of imide groups is 2. The molecule has 0 bridgehead atoms. The van der Waals surface area contributed by atoms with Crippen molar-refractivity contribution in [2.45, 2.75) is 13.3 Å². The van der Waals surface area contributed by atoms with E-state index < -0.39 is 17.8 Å². The zero-order valence-electron chi connectivity index (χ0n) is 19.5. The van der Waals surface area contributed by atoms with E-state index in [1.54, 1.807) is 42.5 Å². The molecule has 0 atom stereocenters. The number of halogens is 2. The van der Waals surface area contributed by atoms with Crippen LogP contribution >= 0.6 is 23.2 Å². The minimum absolute atomic E-state index is 0.220. The van der Waals surface area contributed by atoms with Gasteiger partial charge < -0.3 is 9.47 Å². The van der Waals surface area contributed by atoms with Crippen LogP contribution in [0.15, 0.2) is 66.2 Å². The Morgan fingerprint density at radius 3 is 2.36 bits per heavy atom. The summed E-state index contributed by atoms with van der Waals surface area (Å²) >= 11 is 13.0. The van der Waals surface area contributed by atoms with Crippen molar-refractivity contribution in [1.82, 2.24) is 5.32 Å². The summed E-state index contributed by atoms with van der Waals surface area (Å²) in [4.78, 5) is 39.2. The highest BCUT2D eigenvalue weighted by atomic mass is 35.5. The maximum absolute atomic E-state index is 13.2. The second-order valence-corrected chi connectivity index (χ2v) is 8.65. The molecule has 0 saturated carbocycles. The Balaban J connectivity index is 1.71. The van der Waals surface area contributed by atoms with Crippen LogP contribution in [0.4, 0.5) is 10.5 Å². The summed E-state index contributed by atoms with van der Waals surface area (Å²) in [5.41, 5.74) is 2.14. The predicted octanol–water partition coefficient (Wildman–Crippen LogP) is 5.66. The first kappa shape index (κ1) is 25.3. The Kier molecular flexibility index (Phi) is 7.62. The quantitative estimate of drug-likeness (QED) is 0.318. The minimum atomic E-state index is -0.838. The highest BCUT2D eigenvalue weighted by Crippen LogP contribution is 2.34. The van der Waals surface area contributed by atoms with Gasteiger partial charge in [-0.15, -0.1) is 0 Å². The van der Waals surface area contributed by atoms with Crippen molar-refractivity contribution in [3.63, 3.8) is 0 Å². The summed E-state index contributed by atoms with van der Waals surface area (Å²) in [5.74, 6) is -0.499. The number of barbiturate groups is 1. The molecule has 7 nitrogen and oxygen atoms in total. The van der Waals surface area contributed by atoms with E-state index in [-0.39, 0.29) is 5.57 Å². The molecule has 1 saturated heterocycles. The van der Waals surface area contributed by atoms with Gasteiger partial charge in [0, 0.05) is 22.0 Å². The summed E-state index contributed by atoms with van der Waals surface area (Å²) in [6.45, 7) is 2.22. The van der Waals surface area contributed by atoms with E-state index in [9.17, 15) is 14.4 Å². The number of ether oxygens (including phenoxy) is 2. The molecular weight excluding hydrogens is 503 g/mol. The molecule has 0 aromatic heterocycles.